The first-order chi connectivity index (χ1) is 8.58. The maximum absolute atomic E-state index is 2.37. The summed E-state index contributed by atoms with van der Waals surface area (Å²) in [4.78, 5) is 0. The van der Waals surface area contributed by atoms with Crippen LogP contribution in [0, 0.1) is 25.7 Å². The lowest BCUT2D eigenvalue weighted by Gasteiger charge is -2.22. The second kappa shape index (κ2) is 10.2. The minimum Gasteiger partial charge on any atom is -0.0683 e. The molecular weight excluding hydrogens is 216 g/mol. The van der Waals surface area contributed by atoms with Gasteiger partial charge in [-0.2, -0.15) is 0 Å². The van der Waals surface area contributed by atoms with Gasteiger partial charge in [0.25, 0.3) is 0 Å². The van der Waals surface area contributed by atoms with Gasteiger partial charge in [-0.1, -0.05) is 88.8 Å². The van der Waals surface area contributed by atoms with Crippen LogP contribution in [-0.2, 0) is 0 Å². The van der Waals surface area contributed by atoms with E-state index in [9.17, 15) is 0 Å². The fourth-order valence-corrected chi connectivity index (χ4v) is 2.06. The van der Waals surface area contributed by atoms with E-state index in [1.165, 1.54) is 36.8 Å². The predicted molar refractivity (Wildman–Crippen MR) is 86.2 cm³/mol. The van der Waals surface area contributed by atoms with E-state index < -0.39 is 0 Å². The third kappa shape index (κ3) is 8.33. The zero-order valence-electron chi connectivity index (χ0n) is 13.3. The van der Waals surface area contributed by atoms with Crippen LogP contribution < -0.4 is 0 Å². The van der Waals surface area contributed by atoms with Gasteiger partial charge in [0.15, 0.2) is 0 Å². The smallest absolute Gasteiger partial charge is 0 e. The average molecular weight is 250 g/mol. The molecule has 0 nitrogen and oxygen atoms in total. The summed E-state index contributed by atoms with van der Waals surface area (Å²) >= 11 is 0. The Morgan fingerprint density at radius 1 is 0.722 bits per heavy atom. The van der Waals surface area contributed by atoms with E-state index in [1.807, 2.05) is 13.8 Å². The number of hydrogen-bond acceptors (Lipinski definition) is 0. The Bertz CT molecular complexity index is 250. The lowest BCUT2D eigenvalue weighted by Crippen LogP contribution is -2.08. The summed E-state index contributed by atoms with van der Waals surface area (Å²) in [7, 11) is 0. The van der Waals surface area contributed by atoms with Crippen molar-refractivity contribution in [3.05, 3.63) is 35.4 Å². The topological polar surface area (TPSA) is 0 Å². The molecular formula is C18H34. The van der Waals surface area contributed by atoms with Gasteiger partial charge in [-0.3, -0.25) is 0 Å². The summed E-state index contributed by atoms with van der Waals surface area (Å²) in [6, 6.07) is 8.48. The van der Waals surface area contributed by atoms with Crippen molar-refractivity contribution in [3.63, 3.8) is 0 Å². The summed E-state index contributed by atoms with van der Waals surface area (Å²) in [5.74, 6) is 2.04. The zero-order valence-corrected chi connectivity index (χ0v) is 13.3. The first kappa shape index (κ1) is 17.2. The molecule has 0 aromatic heterocycles. The van der Waals surface area contributed by atoms with E-state index in [1.54, 1.807) is 0 Å². The number of benzene rings is 1. The van der Waals surface area contributed by atoms with Crippen molar-refractivity contribution in [2.24, 2.45) is 11.8 Å². The van der Waals surface area contributed by atoms with Crippen LogP contribution in [0.3, 0.4) is 0 Å². The molecule has 0 unspecified atom stereocenters. The van der Waals surface area contributed by atoms with Gasteiger partial charge in [0.1, 0.15) is 0 Å². The Kier molecular flexibility index (Phi) is 9.73. The quantitative estimate of drug-likeness (QED) is 0.499. The van der Waals surface area contributed by atoms with Crippen LogP contribution in [0.1, 0.15) is 65.9 Å². The molecule has 1 aliphatic carbocycles. The van der Waals surface area contributed by atoms with Crippen molar-refractivity contribution in [1.82, 2.24) is 0 Å². The molecule has 0 heteroatoms. The second-order valence-electron chi connectivity index (χ2n) is 5.52. The summed E-state index contributed by atoms with van der Waals surface area (Å²) < 4.78 is 0. The molecule has 1 aliphatic rings. The summed E-state index contributed by atoms with van der Waals surface area (Å²) in [5, 5.41) is 0. The lowest BCUT2D eigenvalue weighted by atomic mass is 9.84. The Balaban J connectivity index is 0. The molecule has 1 saturated carbocycles. The summed E-state index contributed by atoms with van der Waals surface area (Å²) in [5.41, 5.74) is 2.66. The fourth-order valence-electron chi connectivity index (χ4n) is 2.06. The number of hydrogen-bond donors (Lipinski definition) is 0. The highest BCUT2D eigenvalue weighted by Crippen LogP contribution is 2.27. The van der Waals surface area contributed by atoms with Crippen LogP contribution in [-0.4, -0.2) is 0 Å². The van der Waals surface area contributed by atoms with Crippen molar-refractivity contribution in [3.8, 4) is 0 Å². The van der Waals surface area contributed by atoms with Crippen molar-refractivity contribution in [1.29, 1.82) is 0 Å². The van der Waals surface area contributed by atoms with Crippen LogP contribution in [0.5, 0.6) is 0 Å². The molecule has 0 saturated heterocycles. The minimum absolute atomic E-state index is 0. The fraction of sp³-hybridized carbons (Fsp3) is 0.667. The van der Waals surface area contributed by atoms with Crippen LogP contribution in [0.25, 0.3) is 0 Å². The van der Waals surface area contributed by atoms with Gasteiger partial charge in [-0.15, -0.1) is 0 Å². The largest absolute Gasteiger partial charge is 0.0683 e. The van der Waals surface area contributed by atoms with Crippen molar-refractivity contribution in [2.45, 2.75) is 67.2 Å². The molecule has 0 amide bonds. The SMILES string of the molecule is CC.CC1CCC(C)CC1.Cc1ccc(C)cc1.[HH]. The molecule has 0 radical (unpaired) electrons. The molecule has 106 valence electrons. The van der Waals surface area contributed by atoms with Crippen molar-refractivity contribution in [2.75, 3.05) is 0 Å². The molecule has 0 bridgehead atoms. The molecule has 2 rings (SSSR count). The number of rotatable bonds is 0. The highest BCUT2D eigenvalue weighted by Gasteiger charge is 2.13. The van der Waals surface area contributed by atoms with Crippen molar-refractivity contribution >= 4 is 0 Å². The van der Waals surface area contributed by atoms with Gasteiger partial charge >= 0.3 is 0 Å². The Labute approximate surface area is 116 Å². The standard InChI is InChI=1S/C8H16.C8H10.C2H6.H2/c2*1-7-3-5-8(2)6-4-7;1-2;/h7-8H,3-6H2,1-2H3;3-6H,1-2H3;1-2H3;1H. The summed E-state index contributed by atoms with van der Waals surface area (Å²) in [6.45, 7) is 12.9. The molecule has 0 N–H and O–H groups in total. The molecule has 18 heavy (non-hydrogen) atoms. The van der Waals surface area contributed by atoms with E-state index >= 15 is 0 Å². The highest BCUT2D eigenvalue weighted by molar-refractivity contribution is 5.19. The molecule has 0 spiro atoms. The van der Waals surface area contributed by atoms with Gasteiger partial charge < -0.3 is 0 Å². The molecule has 1 fully saturated rings. The second-order valence-corrected chi connectivity index (χ2v) is 5.52. The minimum atomic E-state index is 0. The highest BCUT2D eigenvalue weighted by atomic mass is 14.2. The van der Waals surface area contributed by atoms with Gasteiger partial charge in [-0.25, -0.2) is 0 Å². The third-order valence-corrected chi connectivity index (χ3v) is 3.52. The molecule has 0 atom stereocenters. The van der Waals surface area contributed by atoms with E-state index in [-0.39, 0.29) is 1.43 Å². The first-order valence-corrected chi connectivity index (χ1v) is 7.61. The van der Waals surface area contributed by atoms with Gasteiger partial charge in [-0.05, 0) is 25.7 Å². The molecule has 0 aliphatic heterocycles. The molecule has 1 aromatic rings. The van der Waals surface area contributed by atoms with Gasteiger partial charge in [0.05, 0.1) is 0 Å². The summed E-state index contributed by atoms with van der Waals surface area (Å²) in [6.07, 6.45) is 5.89. The van der Waals surface area contributed by atoms with Crippen LogP contribution in [0.4, 0.5) is 0 Å². The van der Waals surface area contributed by atoms with Crippen LogP contribution >= 0.6 is 0 Å². The lowest BCUT2D eigenvalue weighted by molar-refractivity contribution is 0.308. The van der Waals surface area contributed by atoms with Crippen LogP contribution in [0.15, 0.2) is 24.3 Å². The maximum Gasteiger partial charge on any atom is 0 e. The van der Waals surface area contributed by atoms with E-state index in [2.05, 4.69) is 52.0 Å². The van der Waals surface area contributed by atoms with E-state index in [0.717, 1.165) is 11.8 Å². The number of aryl methyl sites for hydroxylation is 2. The van der Waals surface area contributed by atoms with Crippen molar-refractivity contribution < 1.29 is 1.43 Å². The Hall–Kier alpha value is -0.780. The molecule has 1 aromatic carbocycles. The maximum atomic E-state index is 2.37. The third-order valence-electron chi connectivity index (χ3n) is 3.52. The zero-order chi connectivity index (χ0) is 14.0. The predicted octanol–water partition coefficient (Wildman–Crippen LogP) is 6.41. The first-order valence-electron chi connectivity index (χ1n) is 7.61. The normalized spacial score (nSPS) is 22.1. The molecule has 0 heterocycles. The van der Waals surface area contributed by atoms with Gasteiger partial charge in [0.2, 0.25) is 0 Å². The monoisotopic (exact) mass is 250 g/mol. The Morgan fingerprint density at radius 2 is 0.944 bits per heavy atom. The Morgan fingerprint density at radius 3 is 1.17 bits per heavy atom. The van der Waals surface area contributed by atoms with Crippen LogP contribution in [0.2, 0.25) is 0 Å². The van der Waals surface area contributed by atoms with E-state index in [0.29, 0.717) is 0 Å². The average Bonchev–Trinajstić information content (AvgIpc) is 2.40. The van der Waals surface area contributed by atoms with E-state index in [4.69, 9.17) is 0 Å². The van der Waals surface area contributed by atoms with Gasteiger partial charge in [0, 0.05) is 1.43 Å².